The average Bonchev–Trinajstić information content (AvgIpc) is 3.17. The highest BCUT2D eigenvalue weighted by atomic mass is 35.5. The number of nitrogen functional groups attached to an aromatic ring is 1. The van der Waals surface area contributed by atoms with Crippen molar-refractivity contribution in [1.29, 1.82) is 0 Å². The third-order valence-corrected chi connectivity index (χ3v) is 6.59. The molecule has 0 aliphatic heterocycles. The lowest BCUT2D eigenvalue weighted by Gasteiger charge is -2.12. The SMILES string of the molecule is COc1ccc(Cn2ncc3c(N)nc(Cl)nc32)cc1CCOS(=O)(=O)c1ccc(C)cc1. The van der Waals surface area contributed by atoms with Crippen LogP contribution in [0.3, 0.4) is 0 Å². The summed E-state index contributed by atoms with van der Waals surface area (Å²) in [5.41, 5.74) is 9.10. The zero-order valence-electron chi connectivity index (χ0n) is 18.0. The minimum Gasteiger partial charge on any atom is -0.496 e. The molecule has 172 valence electrons. The van der Waals surface area contributed by atoms with Gasteiger partial charge in [0.05, 0.1) is 36.7 Å². The monoisotopic (exact) mass is 487 g/mol. The minimum absolute atomic E-state index is 0.0277. The van der Waals surface area contributed by atoms with Gasteiger partial charge in [0.2, 0.25) is 5.28 Å². The van der Waals surface area contributed by atoms with Crippen LogP contribution in [0.15, 0.2) is 53.6 Å². The van der Waals surface area contributed by atoms with Crippen LogP contribution in [0.25, 0.3) is 11.0 Å². The molecular formula is C22H22ClN5O4S. The number of benzene rings is 2. The van der Waals surface area contributed by atoms with Crippen molar-refractivity contribution < 1.29 is 17.3 Å². The molecule has 0 atom stereocenters. The van der Waals surface area contributed by atoms with Crippen molar-refractivity contribution in [1.82, 2.24) is 19.7 Å². The number of aromatic nitrogens is 4. The summed E-state index contributed by atoms with van der Waals surface area (Å²) in [6.07, 6.45) is 1.93. The van der Waals surface area contributed by atoms with Gasteiger partial charge in [-0.2, -0.15) is 18.5 Å². The molecule has 0 amide bonds. The number of halogens is 1. The predicted octanol–water partition coefficient (Wildman–Crippen LogP) is 3.38. The molecule has 9 nitrogen and oxygen atoms in total. The summed E-state index contributed by atoms with van der Waals surface area (Å²) >= 11 is 5.94. The summed E-state index contributed by atoms with van der Waals surface area (Å²) in [4.78, 5) is 8.29. The molecule has 4 rings (SSSR count). The lowest BCUT2D eigenvalue weighted by molar-refractivity contribution is 0.318. The Balaban J connectivity index is 1.51. The third-order valence-electron chi connectivity index (χ3n) is 5.10. The lowest BCUT2D eigenvalue weighted by atomic mass is 10.1. The van der Waals surface area contributed by atoms with Gasteiger partial charge in [0.25, 0.3) is 10.1 Å². The quantitative estimate of drug-likeness (QED) is 0.296. The first-order chi connectivity index (χ1) is 15.8. The van der Waals surface area contributed by atoms with Gasteiger partial charge in [-0.25, -0.2) is 9.67 Å². The molecule has 0 aliphatic rings. The molecule has 2 N–H and O–H groups in total. The topological polar surface area (TPSA) is 122 Å². The van der Waals surface area contributed by atoms with E-state index in [1.807, 2.05) is 25.1 Å². The number of anilines is 1. The van der Waals surface area contributed by atoms with Crippen molar-refractivity contribution in [3.05, 3.63) is 70.6 Å². The Bertz CT molecular complexity index is 1400. The van der Waals surface area contributed by atoms with E-state index < -0.39 is 10.1 Å². The Labute approximate surface area is 196 Å². The summed E-state index contributed by atoms with van der Waals surface area (Å²) in [5.74, 6) is 0.897. The molecule has 4 aromatic rings. The smallest absolute Gasteiger partial charge is 0.296 e. The van der Waals surface area contributed by atoms with E-state index in [-0.39, 0.29) is 22.6 Å². The fraction of sp³-hybridized carbons (Fsp3) is 0.227. The maximum absolute atomic E-state index is 12.4. The largest absolute Gasteiger partial charge is 0.496 e. The summed E-state index contributed by atoms with van der Waals surface area (Å²) in [6, 6.07) is 12.2. The van der Waals surface area contributed by atoms with Crippen molar-refractivity contribution in [2.24, 2.45) is 0 Å². The van der Waals surface area contributed by atoms with Crippen LogP contribution in [0.1, 0.15) is 16.7 Å². The number of methoxy groups -OCH3 is 1. The highest BCUT2D eigenvalue weighted by Gasteiger charge is 2.16. The van der Waals surface area contributed by atoms with E-state index in [1.165, 1.54) is 12.1 Å². The van der Waals surface area contributed by atoms with Crippen molar-refractivity contribution in [3.63, 3.8) is 0 Å². The van der Waals surface area contributed by atoms with Crippen molar-refractivity contribution in [2.45, 2.75) is 24.8 Å². The Kier molecular flexibility index (Phi) is 6.50. The van der Waals surface area contributed by atoms with Gasteiger partial charge in [-0.05, 0) is 47.9 Å². The third kappa shape index (κ3) is 5.08. The molecule has 2 aromatic heterocycles. The lowest BCUT2D eigenvalue weighted by Crippen LogP contribution is -2.10. The molecule has 2 heterocycles. The van der Waals surface area contributed by atoms with E-state index in [2.05, 4.69) is 15.1 Å². The zero-order chi connectivity index (χ0) is 23.6. The molecule has 33 heavy (non-hydrogen) atoms. The molecule has 0 fully saturated rings. The molecule has 0 saturated carbocycles. The van der Waals surface area contributed by atoms with Gasteiger partial charge in [0.15, 0.2) is 5.65 Å². The zero-order valence-corrected chi connectivity index (χ0v) is 19.6. The number of hydrogen-bond acceptors (Lipinski definition) is 8. The number of hydrogen-bond donors (Lipinski definition) is 1. The molecule has 0 saturated heterocycles. The molecule has 11 heteroatoms. The van der Waals surface area contributed by atoms with E-state index in [9.17, 15) is 8.42 Å². The summed E-state index contributed by atoms with van der Waals surface area (Å²) in [5, 5.41) is 5.00. The molecular weight excluding hydrogens is 466 g/mol. The van der Waals surface area contributed by atoms with Crippen LogP contribution in [0, 0.1) is 6.92 Å². The van der Waals surface area contributed by atoms with Crippen LogP contribution in [0.2, 0.25) is 5.28 Å². The van der Waals surface area contributed by atoms with Gasteiger partial charge in [-0.3, -0.25) is 4.18 Å². The van der Waals surface area contributed by atoms with Crippen LogP contribution in [-0.2, 0) is 27.3 Å². The summed E-state index contributed by atoms with van der Waals surface area (Å²) in [7, 11) is -2.28. The van der Waals surface area contributed by atoms with Crippen molar-refractivity contribution in [3.8, 4) is 5.75 Å². The molecule has 0 radical (unpaired) electrons. The van der Waals surface area contributed by atoms with Crippen LogP contribution in [0.5, 0.6) is 5.75 Å². The van der Waals surface area contributed by atoms with Crippen LogP contribution in [0.4, 0.5) is 5.82 Å². The van der Waals surface area contributed by atoms with E-state index in [1.54, 1.807) is 30.1 Å². The molecule has 2 aromatic carbocycles. The second-order valence-corrected chi connectivity index (χ2v) is 9.36. The van der Waals surface area contributed by atoms with Crippen LogP contribution in [-0.4, -0.2) is 41.9 Å². The van der Waals surface area contributed by atoms with Crippen molar-refractivity contribution in [2.75, 3.05) is 19.5 Å². The molecule has 0 bridgehead atoms. The van der Waals surface area contributed by atoms with Gasteiger partial charge in [-0.1, -0.05) is 29.8 Å². The predicted molar refractivity (Wildman–Crippen MR) is 125 cm³/mol. The maximum Gasteiger partial charge on any atom is 0.296 e. The van der Waals surface area contributed by atoms with E-state index in [0.717, 1.165) is 16.7 Å². The van der Waals surface area contributed by atoms with E-state index >= 15 is 0 Å². The van der Waals surface area contributed by atoms with Gasteiger partial charge in [0.1, 0.15) is 11.6 Å². The standard InChI is InChI=1S/C22H22ClN5O4S/c1-14-3-6-17(7-4-14)33(29,30)32-10-9-16-11-15(5-8-19(16)31-2)13-28-21-18(12-25-28)20(24)26-22(23)27-21/h3-8,11-12H,9-10,13H2,1-2H3,(H2,24,26,27). The summed E-state index contributed by atoms with van der Waals surface area (Å²) in [6.45, 7) is 2.26. The first-order valence-corrected chi connectivity index (χ1v) is 11.8. The Morgan fingerprint density at radius 1 is 1.12 bits per heavy atom. The fourth-order valence-corrected chi connectivity index (χ4v) is 4.48. The number of nitrogens with zero attached hydrogens (tertiary/aromatic N) is 4. The summed E-state index contributed by atoms with van der Waals surface area (Å²) < 4.78 is 37.2. The minimum atomic E-state index is -3.84. The van der Waals surface area contributed by atoms with Gasteiger partial charge >= 0.3 is 0 Å². The van der Waals surface area contributed by atoms with Crippen molar-refractivity contribution >= 4 is 38.6 Å². The van der Waals surface area contributed by atoms with Gasteiger partial charge < -0.3 is 10.5 Å². The molecule has 0 unspecified atom stereocenters. The fourth-order valence-electron chi connectivity index (χ4n) is 3.40. The normalized spacial score (nSPS) is 11.7. The first kappa shape index (κ1) is 23.0. The average molecular weight is 488 g/mol. The second-order valence-electron chi connectivity index (χ2n) is 7.40. The molecule has 0 spiro atoms. The first-order valence-electron chi connectivity index (χ1n) is 10.0. The van der Waals surface area contributed by atoms with E-state index in [4.69, 9.17) is 26.3 Å². The second kappa shape index (κ2) is 9.34. The van der Waals surface area contributed by atoms with Gasteiger partial charge in [0, 0.05) is 6.42 Å². The Morgan fingerprint density at radius 2 is 1.88 bits per heavy atom. The van der Waals surface area contributed by atoms with Crippen LogP contribution >= 0.6 is 11.6 Å². The Hall–Kier alpha value is -3.21. The highest BCUT2D eigenvalue weighted by Crippen LogP contribution is 2.24. The van der Waals surface area contributed by atoms with E-state index in [0.29, 0.717) is 29.7 Å². The number of aryl methyl sites for hydroxylation is 1. The van der Waals surface area contributed by atoms with Gasteiger partial charge in [-0.15, -0.1) is 0 Å². The highest BCUT2D eigenvalue weighted by molar-refractivity contribution is 7.86. The maximum atomic E-state index is 12.4. The van der Waals surface area contributed by atoms with Crippen LogP contribution < -0.4 is 10.5 Å². The Morgan fingerprint density at radius 3 is 2.61 bits per heavy atom. The molecule has 0 aliphatic carbocycles. The number of fused-ring (bicyclic) bond motifs is 1. The number of ether oxygens (including phenoxy) is 1. The number of rotatable bonds is 8. The number of nitrogens with two attached hydrogens (primary N) is 1.